The Kier molecular flexibility index (Phi) is 8.21. The van der Waals surface area contributed by atoms with Crippen LogP contribution in [0.3, 0.4) is 0 Å². The maximum absolute atomic E-state index is 12.3. The van der Waals surface area contributed by atoms with Crippen molar-refractivity contribution >= 4 is 34.8 Å². The Morgan fingerprint density at radius 3 is 2.10 bits per heavy atom. The third-order valence-corrected chi connectivity index (χ3v) is 4.21. The number of hydrogen-bond acceptors (Lipinski definition) is 5. The maximum atomic E-state index is 12.3. The minimum atomic E-state index is -0.360. The van der Waals surface area contributed by atoms with Crippen LogP contribution in [0.2, 0.25) is 0 Å². The number of amides is 2. The predicted molar refractivity (Wildman–Crippen MR) is 114 cm³/mol. The van der Waals surface area contributed by atoms with Crippen LogP contribution in [-0.2, 0) is 14.3 Å². The van der Waals surface area contributed by atoms with Crippen LogP contribution in [0.1, 0.15) is 42.6 Å². The van der Waals surface area contributed by atoms with Crippen LogP contribution in [-0.4, -0.2) is 30.9 Å². The van der Waals surface area contributed by atoms with E-state index in [1.54, 1.807) is 49.4 Å². The van der Waals surface area contributed by atoms with Crippen LogP contribution >= 0.6 is 0 Å². The highest BCUT2D eigenvalue weighted by molar-refractivity contribution is 5.97. The third-order valence-electron chi connectivity index (χ3n) is 4.21. The van der Waals surface area contributed by atoms with E-state index in [0.29, 0.717) is 35.7 Å². The van der Waals surface area contributed by atoms with Crippen LogP contribution in [0, 0.1) is 6.92 Å². The highest BCUT2D eigenvalue weighted by Crippen LogP contribution is 2.23. The predicted octanol–water partition coefficient (Wildman–Crippen LogP) is 3.96. The summed E-state index contributed by atoms with van der Waals surface area (Å²) in [4.78, 5) is 35.7. The second-order valence-electron chi connectivity index (χ2n) is 6.49. The molecule has 0 aliphatic heterocycles. The van der Waals surface area contributed by atoms with Gasteiger partial charge >= 0.3 is 5.97 Å². The van der Waals surface area contributed by atoms with Crippen molar-refractivity contribution in [2.24, 2.45) is 0 Å². The first-order chi connectivity index (χ1) is 13.9. The van der Waals surface area contributed by atoms with Crippen molar-refractivity contribution in [3.05, 3.63) is 53.6 Å². The molecular weight excluding hydrogens is 370 g/mol. The summed E-state index contributed by atoms with van der Waals surface area (Å²) in [6, 6.07) is 12.1. The molecular formula is C22H27N3O4. The Morgan fingerprint density at radius 2 is 1.52 bits per heavy atom. The molecule has 2 rings (SSSR count). The largest absolute Gasteiger partial charge is 0.462 e. The molecule has 7 heteroatoms. The van der Waals surface area contributed by atoms with Gasteiger partial charge in [-0.15, -0.1) is 0 Å². The fourth-order valence-electron chi connectivity index (χ4n) is 2.52. The zero-order valence-corrected chi connectivity index (χ0v) is 17.0. The summed E-state index contributed by atoms with van der Waals surface area (Å²) in [5.74, 6) is -0.666. The van der Waals surface area contributed by atoms with E-state index >= 15 is 0 Å². The van der Waals surface area contributed by atoms with E-state index in [0.717, 1.165) is 12.0 Å². The van der Waals surface area contributed by atoms with Crippen molar-refractivity contribution in [2.75, 3.05) is 29.1 Å². The zero-order valence-electron chi connectivity index (χ0n) is 17.0. The van der Waals surface area contributed by atoms with Gasteiger partial charge < -0.3 is 20.7 Å². The third kappa shape index (κ3) is 6.64. The lowest BCUT2D eigenvalue weighted by Crippen LogP contribution is -2.22. The molecule has 0 unspecified atom stereocenters. The summed E-state index contributed by atoms with van der Waals surface area (Å²) >= 11 is 0. The Labute approximate surface area is 170 Å². The van der Waals surface area contributed by atoms with Crippen LogP contribution in [0.25, 0.3) is 0 Å². The van der Waals surface area contributed by atoms with Crippen LogP contribution in [0.15, 0.2) is 42.5 Å². The Hall–Kier alpha value is -3.35. The van der Waals surface area contributed by atoms with Gasteiger partial charge in [-0.3, -0.25) is 9.59 Å². The van der Waals surface area contributed by atoms with E-state index in [2.05, 4.69) is 16.0 Å². The molecule has 0 heterocycles. The quantitative estimate of drug-likeness (QED) is 0.557. The van der Waals surface area contributed by atoms with Gasteiger partial charge in [0, 0.05) is 23.5 Å². The maximum Gasteiger partial charge on any atom is 0.338 e. The molecule has 3 N–H and O–H groups in total. The van der Waals surface area contributed by atoms with E-state index in [9.17, 15) is 14.4 Å². The summed E-state index contributed by atoms with van der Waals surface area (Å²) in [6.45, 7) is 6.00. The smallest absolute Gasteiger partial charge is 0.338 e. The number of esters is 1. The molecule has 7 nitrogen and oxygen atoms in total. The number of benzene rings is 2. The van der Waals surface area contributed by atoms with Crippen LogP contribution in [0.5, 0.6) is 0 Å². The molecule has 0 atom stereocenters. The second-order valence-corrected chi connectivity index (χ2v) is 6.49. The minimum Gasteiger partial charge on any atom is -0.462 e. The summed E-state index contributed by atoms with van der Waals surface area (Å²) < 4.78 is 5.08. The molecule has 0 aliphatic rings. The summed E-state index contributed by atoms with van der Waals surface area (Å²) in [5, 5.41) is 8.67. The molecule has 0 aromatic heterocycles. The van der Waals surface area contributed by atoms with Gasteiger partial charge in [0.25, 0.3) is 0 Å². The molecule has 0 saturated carbocycles. The Morgan fingerprint density at radius 1 is 0.897 bits per heavy atom. The number of carbonyl (C=O) groups is 3. The van der Waals surface area contributed by atoms with Crippen molar-refractivity contribution < 1.29 is 19.1 Å². The van der Waals surface area contributed by atoms with Gasteiger partial charge in [-0.1, -0.05) is 19.9 Å². The van der Waals surface area contributed by atoms with Gasteiger partial charge in [-0.2, -0.15) is 0 Å². The van der Waals surface area contributed by atoms with Gasteiger partial charge in [-0.05, 0) is 55.3 Å². The highest BCUT2D eigenvalue weighted by Gasteiger charge is 2.10. The summed E-state index contributed by atoms with van der Waals surface area (Å²) in [5.41, 5.74) is 3.29. The molecule has 154 valence electrons. The summed E-state index contributed by atoms with van der Waals surface area (Å²) in [7, 11) is 0. The lowest BCUT2D eigenvalue weighted by molar-refractivity contribution is -0.116. The molecule has 0 radical (unpaired) electrons. The standard InChI is InChI=1S/C22H27N3O4/c1-4-13-29-22(28)16-9-11-17(12-10-16)23-14-21(27)25-19-8-6-7-18(15(19)3)24-20(26)5-2/h6-12,23H,4-5,13-14H2,1-3H3,(H,24,26)(H,25,27). The molecule has 29 heavy (non-hydrogen) atoms. The number of nitrogens with one attached hydrogen (secondary N) is 3. The topological polar surface area (TPSA) is 96.5 Å². The van der Waals surface area contributed by atoms with Crippen LogP contribution in [0.4, 0.5) is 17.1 Å². The summed E-state index contributed by atoms with van der Waals surface area (Å²) in [6.07, 6.45) is 1.16. The van der Waals surface area contributed by atoms with E-state index in [1.807, 2.05) is 13.8 Å². The Bertz CT molecular complexity index is 863. The minimum absolute atomic E-state index is 0.0601. The number of ether oxygens (including phenoxy) is 1. The molecule has 2 aromatic rings. The first-order valence-corrected chi connectivity index (χ1v) is 9.65. The van der Waals surface area contributed by atoms with Crippen molar-refractivity contribution in [1.29, 1.82) is 0 Å². The highest BCUT2D eigenvalue weighted by atomic mass is 16.5. The molecule has 0 spiro atoms. The molecule has 2 amide bonds. The Balaban J connectivity index is 1.91. The fraction of sp³-hybridized carbons (Fsp3) is 0.318. The van der Waals surface area contributed by atoms with Crippen molar-refractivity contribution in [2.45, 2.75) is 33.6 Å². The number of carbonyl (C=O) groups excluding carboxylic acids is 3. The van der Waals surface area contributed by atoms with Gasteiger partial charge in [-0.25, -0.2) is 4.79 Å². The number of anilines is 3. The number of rotatable bonds is 9. The van der Waals surface area contributed by atoms with E-state index in [4.69, 9.17) is 4.74 Å². The van der Waals surface area contributed by atoms with Gasteiger partial charge in [0.15, 0.2) is 0 Å². The van der Waals surface area contributed by atoms with E-state index in [1.165, 1.54) is 0 Å². The monoisotopic (exact) mass is 397 g/mol. The van der Waals surface area contributed by atoms with Crippen molar-refractivity contribution in [3.63, 3.8) is 0 Å². The van der Waals surface area contributed by atoms with Crippen LogP contribution < -0.4 is 16.0 Å². The molecule has 0 bridgehead atoms. The van der Waals surface area contributed by atoms with Crippen molar-refractivity contribution in [3.8, 4) is 0 Å². The number of hydrogen-bond donors (Lipinski definition) is 3. The average molecular weight is 397 g/mol. The molecule has 0 fully saturated rings. The average Bonchev–Trinajstić information content (AvgIpc) is 2.73. The normalized spacial score (nSPS) is 10.2. The first kappa shape index (κ1) is 21.9. The fourth-order valence-corrected chi connectivity index (χ4v) is 2.52. The van der Waals surface area contributed by atoms with Gasteiger partial charge in [0.05, 0.1) is 18.7 Å². The zero-order chi connectivity index (χ0) is 21.2. The van der Waals surface area contributed by atoms with Gasteiger partial charge in [0.1, 0.15) is 0 Å². The lowest BCUT2D eigenvalue weighted by atomic mass is 10.1. The molecule has 0 aliphatic carbocycles. The molecule has 0 saturated heterocycles. The van der Waals surface area contributed by atoms with Crippen molar-refractivity contribution in [1.82, 2.24) is 0 Å². The van der Waals surface area contributed by atoms with E-state index < -0.39 is 0 Å². The molecule has 2 aromatic carbocycles. The SMILES string of the molecule is CCCOC(=O)c1ccc(NCC(=O)Nc2cccc(NC(=O)CC)c2C)cc1. The second kappa shape index (κ2) is 10.8. The first-order valence-electron chi connectivity index (χ1n) is 9.65. The van der Waals surface area contributed by atoms with Gasteiger partial charge in [0.2, 0.25) is 11.8 Å². The lowest BCUT2D eigenvalue weighted by Gasteiger charge is -2.14. The van der Waals surface area contributed by atoms with E-state index in [-0.39, 0.29) is 24.3 Å².